The topological polar surface area (TPSA) is 33.7 Å². The summed E-state index contributed by atoms with van der Waals surface area (Å²) in [5.74, 6) is 1.95. The minimum Gasteiger partial charge on any atom is -0.494 e. The normalized spacial score (nSPS) is 28.5. The number of fused-ring (bicyclic) bond motifs is 1. The van der Waals surface area contributed by atoms with Gasteiger partial charge < -0.3 is 19.7 Å². The van der Waals surface area contributed by atoms with Crippen molar-refractivity contribution in [2.75, 3.05) is 33.8 Å². The Morgan fingerprint density at radius 3 is 2.95 bits per heavy atom. The summed E-state index contributed by atoms with van der Waals surface area (Å²) in [6, 6.07) is 6.60. The largest absolute Gasteiger partial charge is 0.494 e. The molecule has 0 saturated carbocycles. The van der Waals surface area contributed by atoms with E-state index in [0.717, 1.165) is 37.4 Å². The summed E-state index contributed by atoms with van der Waals surface area (Å²) in [6.07, 6.45) is 2.12. The van der Waals surface area contributed by atoms with Crippen LogP contribution in [0.3, 0.4) is 0 Å². The molecule has 2 heterocycles. The molecule has 0 aliphatic carbocycles. The molecule has 1 fully saturated rings. The zero-order chi connectivity index (χ0) is 14.2. The van der Waals surface area contributed by atoms with Crippen molar-refractivity contribution in [3.8, 4) is 11.5 Å². The molecular weight excluding hydrogens is 252 g/mol. The fourth-order valence-electron chi connectivity index (χ4n) is 3.32. The lowest BCUT2D eigenvalue weighted by atomic mass is 9.86. The summed E-state index contributed by atoms with van der Waals surface area (Å²) in [5, 5.41) is 3.44. The van der Waals surface area contributed by atoms with Crippen molar-refractivity contribution in [2.24, 2.45) is 0 Å². The van der Waals surface area contributed by atoms with Gasteiger partial charge in [0.2, 0.25) is 0 Å². The average molecular weight is 276 g/mol. The Balaban J connectivity index is 1.97. The minimum absolute atomic E-state index is 0.0327. The molecule has 2 unspecified atom stereocenters. The van der Waals surface area contributed by atoms with Gasteiger partial charge in [0, 0.05) is 31.0 Å². The van der Waals surface area contributed by atoms with E-state index in [0.29, 0.717) is 12.6 Å². The highest BCUT2D eigenvalue weighted by Gasteiger charge is 2.43. The van der Waals surface area contributed by atoms with E-state index >= 15 is 0 Å². The Morgan fingerprint density at radius 1 is 1.45 bits per heavy atom. The Morgan fingerprint density at radius 2 is 2.30 bits per heavy atom. The van der Waals surface area contributed by atoms with Crippen LogP contribution in [0.2, 0.25) is 0 Å². The van der Waals surface area contributed by atoms with Crippen molar-refractivity contribution in [3.05, 3.63) is 23.8 Å². The highest BCUT2D eigenvalue weighted by Crippen LogP contribution is 2.45. The van der Waals surface area contributed by atoms with Crippen molar-refractivity contribution in [2.45, 2.75) is 31.4 Å². The van der Waals surface area contributed by atoms with Crippen LogP contribution in [0.1, 0.15) is 31.4 Å². The first-order valence-electron chi connectivity index (χ1n) is 7.46. The molecule has 0 amide bonds. The first-order valence-corrected chi connectivity index (χ1v) is 7.46. The number of nitrogens with one attached hydrogen (secondary N) is 1. The third kappa shape index (κ3) is 2.38. The fraction of sp³-hybridized carbons (Fsp3) is 0.625. The third-order valence-corrected chi connectivity index (χ3v) is 4.37. The molecule has 2 aliphatic rings. The maximum atomic E-state index is 6.35. The molecule has 1 spiro atoms. The highest BCUT2D eigenvalue weighted by atomic mass is 16.5. The summed E-state index contributed by atoms with van der Waals surface area (Å²) in [5.41, 5.74) is 1.22. The molecule has 1 N–H and O–H groups in total. The lowest BCUT2D eigenvalue weighted by molar-refractivity contribution is 0.0287. The van der Waals surface area contributed by atoms with Crippen LogP contribution in [-0.4, -0.2) is 44.3 Å². The van der Waals surface area contributed by atoms with Gasteiger partial charge in [0.15, 0.2) is 0 Å². The predicted molar refractivity (Wildman–Crippen MR) is 79.5 cm³/mol. The number of ether oxygens (including phenoxy) is 2. The van der Waals surface area contributed by atoms with Crippen molar-refractivity contribution in [1.82, 2.24) is 10.2 Å². The van der Waals surface area contributed by atoms with Crippen LogP contribution in [0, 0.1) is 0 Å². The first-order chi connectivity index (χ1) is 9.63. The molecule has 1 aromatic carbocycles. The lowest BCUT2D eigenvalue weighted by Crippen LogP contribution is -2.45. The van der Waals surface area contributed by atoms with Gasteiger partial charge in [0.05, 0.1) is 6.61 Å². The number of nitrogens with zero attached hydrogens (tertiary/aromatic N) is 1. The van der Waals surface area contributed by atoms with Gasteiger partial charge in [0.25, 0.3) is 0 Å². The van der Waals surface area contributed by atoms with Crippen LogP contribution >= 0.6 is 0 Å². The van der Waals surface area contributed by atoms with Gasteiger partial charge in [0.1, 0.15) is 17.1 Å². The van der Waals surface area contributed by atoms with E-state index in [1.54, 1.807) is 0 Å². The number of hydrogen-bond acceptors (Lipinski definition) is 4. The molecular formula is C16H24N2O2. The van der Waals surface area contributed by atoms with Gasteiger partial charge in [-0.3, -0.25) is 0 Å². The molecule has 20 heavy (non-hydrogen) atoms. The van der Waals surface area contributed by atoms with Gasteiger partial charge in [-0.25, -0.2) is 0 Å². The lowest BCUT2D eigenvalue weighted by Gasteiger charge is -2.42. The van der Waals surface area contributed by atoms with E-state index in [1.807, 2.05) is 13.0 Å². The van der Waals surface area contributed by atoms with Crippen molar-refractivity contribution < 1.29 is 9.47 Å². The Hall–Kier alpha value is -1.26. The van der Waals surface area contributed by atoms with Crippen LogP contribution in [0.5, 0.6) is 11.5 Å². The van der Waals surface area contributed by atoms with Crippen molar-refractivity contribution >= 4 is 0 Å². The smallest absolute Gasteiger partial charge is 0.125 e. The monoisotopic (exact) mass is 276 g/mol. The van der Waals surface area contributed by atoms with Crippen LogP contribution in [0.25, 0.3) is 0 Å². The second-order valence-electron chi connectivity index (χ2n) is 6.03. The zero-order valence-corrected chi connectivity index (χ0v) is 12.6. The van der Waals surface area contributed by atoms with E-state index in [9.17, 15) is 0 Å². The summed E-state index contributed by atoms with van der Waals surface area (Å²) in [7, 11) is 4.28. The second-order valence-corrected chi connectivity index (χ2v) is 6.03. The maximum Gasteiger partial charge on any atom is 0.125 e. The van der Waals surface area contributed by atoms with E-state index in [1.165, 1.54) is 5.56 Å². The molecule has 4 heteroatoms. The summed E-state index contributed by atoms with van der Waals surface area (Å²) in [6.45, 7) is 4.70. The molecule has 3 rings (SSSR count). The third-order valence-electron chi connectivity index (χ3n) is 4.37. The van der Waals surface area contributed by atoms with Gasteiger partial charge in [-0.15, -0.1) is 0 Å². The second kappa shape index (κ2) is 5.26. The van der Waals surface area contributed by atoms with E-state index in [2.05, 4.69) is 36.4 Å². The highest BCUT2D eigenvalue weighted by molar-refractivity contribution is 5.44. The fourth-order valence-corrected chi connectivity index (χ4v) is 3.32. The molecule has 4 nitrogen and oxygen atoms in total. The Kier molecular flexibility index (Phi) is 3.61. The standard InChI is InChI=1S/C16H24N2O2/c1-4-19-12-5-6-15-13(9-12)14(18(2)3)10-16(20-15)7-8-17-11-16/h5-6,9,14,17H,4,7-8,10-11H2,1-3H3. The van der Waals surface area contributed by atoms with Gasteiger partial charge in [-0.2, -0.15) is 0 Å². The van der Waals surface area contributed by atoms with Gasteiger partial charge in [-0.1, -0.05) is 0 Å². The van der Waals surface area contributed by atoms with E-state index in [4.69, 9.17) is 9.47 Å². The van der Waals surface area contributed by atoms with Gasteiger partial charge in [-0.05, 0) is 45.8 Å². The molecule has 1 aromatic rings. The van der Waals surface area contributed by atoms with E-state index < -0.39 is 0 Å². The Bertz CT molecular complexity index is 481. The zero-order valence-electron chi connectivity index (χ0n) is 12.6. The molecule has 2 atom stereocenters. The maximum absolute atomic E-state index is 6.35. The summed E-state index contributed by atoms with van der Waals surface area (Å²) >= 11 is 0. The van der Waals surface area contributed by atoms with Crippen LogP contribution < -0.4 is 14.8 Å². The average Bonchev–Trinajstić information content (AvgIpc) is 2.86. The van der Waals surface area contributed by atoms with Crippen LogP contribution in [0.15, 0.2) is 18.2 Å². The molecule has 2 aliphatic heterocycles. The molecule has 0 bridgehead atoms. The number of rotatable bonds is 3. The van der Waals surface area contributed by atoms with E-state index in [-0.39, 0.29) is 5.60 Å². The summed E-state index contributed by atoms with van der Waals surface area (Å²) in [4.78, 5) is 2.29. The van der Waals surface area contributed by atoms with Crippen LogP contribution in [-0.2, 0) is 0 Å². The first kappa shape index (κ1) is 13.7. The quantitative estimate of drug-likeness (QED) is 0.917. The SMILES string of the molecule is CCOc1ccc2c(c1)C(N(C)C)CC1(CCNC1)O2. The minimum atomic E-state index is -0.0327. The van der Waals surface area contributed by atoms with Crippen molar-refractivity contribution in [3.63, 3.8) is 0 Å². The van der Waals surface area contributed by atoms with Gasteiger partial charge >= 0.3 is 0 Å². The number of benzene rings is 1. The van der Waals surface area contributed by atoms with Crippen LogP contribution in [0.4, 0.5) is 0 Å². The predicted octanol–water partition coefficient (Wildman–Crippen LogP) is 2.20. The number of hydrogen-bond donors (Lipinski definition) is 1. The molecule has 1 saturated heterocycles. The van der Waals surface area contributed by atoms with Crippen molar-refractivity contribution in [1.29, 1.82) is 0 Å². The molecule has 0 aromatic heterocycles. The molecule has 0 radical (unpaired) electrons. The molecule has 110 valence electrons. The Labute approximate surface area is 121 Å². The summed E-state index contributed by atoms with van der Waals surface area (Å²) < 4.78 is 12.0.